The van der Waals surface area contributed by atoms with Gasteiger partial charge in [-0.3, -0.25) is 14.4 Å². The Morgan fingerprint density at radius 2 is 1.68 bits per heavy atom. The number of amides is 1. The van der Waals surface area contributed by atoms with E-state index in [-0.39, 0.29) is 5.56 Å². The maximum absolute atomic E-state index is 12.1. The van der Waals surface area contributed by atoms with Crippen molar-refractivity contribution in [3.8, 4) is 0 Å². The summed E-state index contributed by atoms with van der Waals surface area (Å²) in [6.45, 7) is 0.251. The van der Waals surface area contributed by atoms with Crippen LogP contribution < -0.4 is 5.73 Å². The van der Waals surface area contributed by atoms with E-state index in [2.05, 4.69) is 0 Å². The fourth-order valence-corrected chi connectivity index (χ4v) is 1.58. The number of carbonyl (C=O) groups is 3. The summed E-state index contributed by atoms with van der Waals surface area (Å²) in [6.07, 6.45) is 0. The van der Waals surface area contributed by atoms with E-state index in [4.69, 9.17) is 15.9 Å². The summed E-state index contributed by atoms with van der Waals surface area (Å²) >= 11 is 0. The van der Waals surface area contributed by atoms with Gasteiger partial charge in [0.2, 0.25) is 0 Å². The van der Waals surface area contributed by atoms with Crippen LogP contribution in [-0.4, -0.2) is 46.0 Å². The van der Waals surface area contributed by atoms with Gasteiger partial charge in [0.15, 0.2) is 0 Å². The first-order valence-electron chi connectivity index (χ1n) is 5.41. The smallest absolute Gasteiger partial charge is 0.323 e. The molecule has 0 bridgehead atoms. The predicted molar refractivity (Wildman–Crippen MR) is 66.8 cm³/mol. The fourth-order valence-electron chi connectivity index (χ4n) is 1.58. The highest BCUT2D eigenvalue weighted by atomic mass is 16.4. The number of carboxylic acid groups (broad SMARTS) is 2. The van der Waals surface area contributed by atoms with Crippen LogP contribution >= 0.6 is 0 Å². The number of benzene rings is 1. The molecule has 0 radical (unpaired) electrons. The number of anilines is 1. The van der Waals surface area contributed by atoms with Crippen molar-refractivity contribution in [1.29, 1.82) is 0 Å². The Bertz CT molecular complexity index is 511. The van der Waals surface area contributed by atoms with E-state index in [1.54, 1.807) is 19.1 Å². The minimum Gasteiger partial charge on any atom is -0.480 e. The molecule has 0 atom stereocenters. The zero-order chi connectivity index (χ0) is 14.6. The van der Waals surface area contributed by atoms with Crippen LogP contribution in [0.3, 0.4) is 0 Å². The molecule has 0 heterocycles. The summed E-state index contributed by atoms with van der Waals surface area (Å²) in [6, 6.07) is 4.63. The van der Waals surface area contributed by atoms with Crippen molar-refractivity contribution in [2.45, 2.75) is 6.92 Å². The number of hydrogen-bond donors (Lipinski definition) is 3. The molecular formula is C12H14N2O5. The van der Waals surface area contributed by atoms with Crippen LogP contribution in [0.25, 0.3) is 0 Å². The molecule has 4 N–H and O–H groups in total. The second-order valence-corrected chi connectivity index (χ2v) is 3.97. The largest absolute Gasteiger partial charge is 0.480 e. The molecule has 1 rings (SSSR count). The molecule has 1 amide bonds. The van der Waals surface area contributed by atoms with E-state index in [0.29, 0.717) is 11.3 Å². The standard InChI is InChI=1S/C12H14N2O5/c1-7-8(3-2-4-9(7)13)12(19)14(5-10(15)16)6-11(17)18/h2-4H,5-6,13H2,1H3,(H,15,16)(H,17,18). The van der Waals surface area contributed by atoms with Gasteiger partial charge in [-0.25, -0.2) is 0 Å². The number of carboxylic acids is 2. The van der Waals surface area contributed by atoms with Crippen molar-refractivity contribution in [3.63, 3.8) is 0 Å². The maximum Gasteiger partial charge on any atom is 0.323 e. The van der Waals surface area contributed by atoms with E-state index >= 15 is 0 Å². The topological polar surface area (TPSA) is 121 Å². The minimum absolute atomic E-state index is 0.197. The molecule has 102 valence electrons. The zero-order valence-electron chi connectivity index (χ0n) is 10.3. The number of nitrogens with two attached hydrogens (primary N) is 1. The van der Waals surface area contributed by atoms with Crippen LogP contribution in [0.5, 0.6) is 0 Å². The van der Waals surface area contributed by atoms with Crippen LogP contribution in [-0.2, 0) is 9.59 Å². The normalized spacial score (nSPS) is 9.95. The molecule has 0 fully saturated rings. The number of aliphatic carboxylic acids is 2. The van der Waals surface area contributed by atoms with Crippen molar-refractivity contribution in [2.75, 3.05) is 18.8 Å². The maximum atomic E-state index is 12.1. The van der Waals surface area contributed by atoms with Gasteiger partial charge in [0.25, 0.3) is 5.91 Å². The number of hydrogen-bond acceptors (Lipinski definition) is 4. The van der Waals surface area contributed by atoms with E-state index in [1.807, 2.05) is 0 Å². The van der Waals surface area contributed by atoms with Crippen LogP contribution in [0.15, 0.2) is 18.2 Å². The highest BCUT2D eigenvalue weighted by Crippen LogP contribution is 2.17. The molecule has 0 unspecified atom stereocenters. The molecule has 0 saturated carbocycles. The number of rotatable bonds is 5. The van der Waals surface area contributed by atoms with Gasteiger partial charge in [0.1, 0.15) is 13.1 Å². The lowest BCUT2D eigenvalue weighted by atomic mass is 10.1. The van der Waals surface area contributed by atoms with Crippen LogP contribution in [0.2, 0.25) is 0 Å². The molecule has 0 spiro atoms. The van der Waals surface area contributed by atoms with Crippen molar-refractivity contribution in [2.24, 2.45) is 0 Å². The van der Waals surface area contributed by atoms with Gasteiger partial charge < -0.3 is 20.8 Å². The highest BCUT2D eigenvalue weighted by Gasteiger charge is 2.22. The molecule has 1 aromatic carbocycles. The summed E-state index contributed by atoms with van der Waals surface area (Å²) < 4.78 is 0. The molecule has 0 aromatic heterocycles. The quantitative estimate of drug-likeness (QED) is 0.654. The molecule has 7 nitrogen and oxygen atoms in total. The first-order valence-corrected chi connectivity index (χ1v) is 5.41. The van der Waals surface area contributed by atoms with E-state index in [1.165, 1.54) is 6.07 Å². The zero-order valence-corrected chi connectivity index (χ0v) is 10.3. The van der Waals surface area contributed by atoms with Crippen LogP contribution in [0.4, 0.5) is 5.69 Å². The van der Waals surface area contributed by atoms with Gasteiger partial charge in [0.05, 0.1) is 0 Å². The molecule has 0 aliphatic rings. The van der Waals surface area contributed by atoms with Crippen LogP contribution in [0, 0.1) is 6.92 Å². The molecule has 1 aromatic rings. The van der Waals surface area contributed by atoms with Crippen molar-refractivity contribution in [1.82, 2.24) is 4.90 Å². The van der Waals surface area contributed by atoms with E-state index in [9.17, 15) is 14.4 Å². The highest BCUT2D eigenvalue weighted by molar-refractivity contribution is 5.99. The summed E-state index contributed by atoms with van der Waals surface area (Å²) in [5.74, 6) is -3.23. The first kappa shape index (κ1) is 14.5. The van der Waals surface area contributed by atoms with Gasteiger partial charge in [-0.15, -0.1) is 0 Å². The Balaban J connectivity index is 3.07. The van der Waals surface area contributed by atoms with Gasteiger partial charge in [0, 0.05) is 11.3 Å². The van der Waals surface area contributed by atoms with Crippen molar-refractivity contribution < 1.29 is 24.6 Å². The lowest BCUT2D eigenvalue weighted by Gasteiger charge is -2.19. The third-order valence-corrected chi connectivity index (χ3v) is 2.55. The molecule has 0 aliphatic heterocycles. The van der Waals surface area contributed by atoms with Gasteiger partial charge in [-0.2, -0.15) is 0 Å². The minimum atomic E-state index is -1.28. The Hall–Kier alpha value is -2.57. The first-order chi connectivity index (χ1) is 8.82. The molecule has 0 saturated heterocycles. The average Bonchev–Trinajstić information content (AvgIpc) is 2.30. The SMILES string of the molecule is Cc1c(N)cccc1C(=O)N(CC(=O)O)CC(=O)O. The third-order valence-electron chi connectivity index (χ3n) is 2.55. The average molecular weight is 266 g/mol. The van der Waals surface area contributed by atoms with Gasteiger partial charge in [-0.1, -0.05) is 6.07 Å². The Morgan fingerprint density at radius 3 is 2.16 bits per heavy atom. The lowest BCUT2D eigenvalue weighted by Crippen LogP contribution is -2.39. The Labute approximate surface area is 109 Å². The van der Waals surface area contributed by atoms with Gasteiger partial charge >= 0.3 is 11.9 Å². The van der Waals surface area contributed by atoms with Crippen molar-refractivity contribution in [3.05, 3.63) is 29.3 Å². The summed E-state index contributed by atoms with van der Waals surface area (Å²) in [4.78, 5) is 34.2. The summed E-state index contributed by atoms with van der Waals surface area (Å²) in [5.41, 5.74) is 6.73. The second kappa shape index (κ2) is 5.85. The summed E-state index contributed by atoms with van der Waals surface area (Å²) in [7, 11) is 0. The predicted octanol–water partition coefficient (Wildman–Crippen LogP) is 0.189. The lowest BCUT2D eigenvalue weighted by molar-refractivity contribution is -0.140. The summed E-state index contributed by atoms with van der Waals surface area (Å²) in [5, 5.41) is 17.4. The molecular weight excluding hydrogens is 252 g/mol. The molecule has 0 aliphatic carbocycles. The Morgan fingerprint density at radius 1 is 1.16 bits per heavy atom. The number of nitrogens with zero attached hydrogens (tertiary/aromatic N) is 1. The number of nitrogen functional groups attached to an aromatic ring is 1. The van der Waals surface area contributed by atoms with Crippen molar-refractivity contribution >= 4 is 23.5 Å². The molecule has 19 heavy (non-hydrogen) atoms. The van der Waals surface area contributed by atoms with Crippen LogP contribution in [0.1, 0.15) is 15.9 Å². The van der Waals surface area contributed by atoms with E-state index < -0.39 is 30.9 Å². The second-order valence-electron chi connectivity index (χ2n) is 3.97. The Kier molecular flexibility index (Phi) is 4.46. The number of carbonyl (C=O) groups excluding carboxylic acids is 1. The fraction of sp³-hybridized carbons (Fsp3) is 0.250. The third kappa shape index (κ3) is 3.70. The molecule has 7 heteroatoms. The monoisotopic (exact) mass is 266 g/mol. The van der Waals surface area contributed by atoms with Gasteiger partial charge in [-0.05, 0) is 24.6 Å². The van der Waals surface area contributed by atoms with E-state index in [0.717, 1.165) is 4.90 Å².